The van der Waals surface area contributed by atoms with Crippen molar-refractivity contribution in [1.29, 1.82) is 0 Å². The zero-order valence-corrected chi connectivity index (χ0v) is 12.4. The predicted molar refractivity (Wildman–Crippen MR) is 79.6 cm³/mol. The summed E-state index contributed by atoms with van der Waals surface area (Å²) in [6, 6.07) is 6.45. The Labute approximate surface area is 119 Å². The largest absolute Gasteiger partial charge is 0.310 e. The van der Waals surface area contributed by atoms with Gasteiger partial charge in [-0.05, 0) is 37.6 Å². The van der Waals surface area contributed by atoms with Crippen LogP contribution < -0.4 is 5.32 Å². The van der Waals surface area contributed by atoms with E-state index in [0.717, 1.165) is 17.1 Å². The van der Waals surface area contributed by atoms with Crippen molar-refractivity contribution in [3.63, 3.8) is 0 Å². The van der Waals surface area contributed by atoms with Gasteiger partial charge in [0.25, 0.3) is 0 Å². The van der Waals surface area contributed by atoms with Crippen LogP contribution in [0.25, 0.3) is 0 Å². The van der Waals surface area contributed by atoms with Crippen LogP contribution in [0.5, 0.6) is 0 Å². The van der Waals surface area contributed by atoms with Crippen LogP contribution in [-0.4, -0.2) is 16.3 Å². The topological polar surface area (TPSA) is 29.9 Å². The lowest BCUT2D eigenvalue weighted by molar-refractivity contribution is 0.596. The minimum atomic E-state index is 0.326. The highest BCUT2D eigenvalue weighted by Gasteiger charge is 2.08. The standard InChI is InChI=1S/C15H20ClN3/c1-4-17-12(3)14-8-18-19(10-14)9-13-6-5-11(2)7-15(13)16/h5-8,10,12,17H,4,9H2,1-3H3. The molecule has 1 unspecified atom stereocenters. The van der Waals surface area contributed by atoms with Gasteiger partial charge in [0.2, 0.25) is 0 Å². The number of nitrogens with one attached hydrogen (secondary N) is 1. The van der Waals surface area contributed by atoms with Crippen LogP contribution in [0.1, 0.15) is 36.6 Å². The highest BCUT2D eigenvalue weighted by molar-refractivity contribution is 6.31. The number of aryl methyl sites for hydroxylation is 1. The van der Waals surface area contributed by atoms with Gasteiger partial charge in [-0.2, -0.15) is 5.10 Å². The molecule has 0 aliphatic heterocycles. The molecule has 1 N–H and O–H groups in total. The molecule has 0 fully saturated rings. The van der Waals surface area contributed by atoms with E-state index in [1.54, 1.807) is 0 Å². The third kappa shape index (κ3) is 3.58. The van der Waals surface area contributed by atoms with E-state index in [2.05, 4.69) is 42.6 Å². The summed E-state index contributed by atoms with van der Waals surface area (Å²) < 4.78 is 1.93. The Kier molecular flexibility index (Phi) is 4.61. The zero-order chi connectivity index (χ0) is 13.8. The van der Waals surface area contributed by atoms with E-state index in [4.69, 9.17) is 11.6 Å². The summed E-state index contributed by atoms with van der Waals surface area (Å²) in [5.41, 5.74) is 3.47. The molecule has 1 aromatic carbocycles. The van der Waals surface area contributed by atoms with Gasteiger partial charge in [-0.25, -0.2) is 0 Å². The molecule has 2 aromatic rings. The van der Waals surface area contributed by atoms with Gasteiger partial charge < -0.3 is 5.32 Å². The van der Waals surface area contributed by atoms with Crippen LogP contribution in [0.15, 0.2) is 30.6 Å². The van der Waals surface area contributed by atoms with Crippen molar-refractivity contribution in [1.82, 2.24) is 15.1 Å². The Bertz CT molecular complexity index is 548. The molecule has 0 bridgehead atoms. The summed E-state index contributed by atoms with van der Waals surface area (Å²) in [6.45, 7) is 7.95. The van der Waals surface area contributed by atoms with Gasteiger partial charge in [0, 0.05) is 22.8 Å². The van der Waals surface area contributed by atoms with Crippen LogP contribution in [0.3, 0.4) is 0 Å². The molecule has 0 radical (unpaired) electrons. The van der Waals surface area contributed by atoms with Crippen molar-refractivity contribution in [2.45, 2.75) is 33.4 Å². The molecule has 2 rings (SSSR count). The SMILES string of the molecule is CCNC(C)c1cnn(Cc2ccc(C)cc2Cl)c1. The Morgan fingerprint density at radius 1 is 1.42 bits per heavy atom. The van der Waals surface area contributed by atoms with Crippen molar-refractivity contribution in [3.8, 4) is 0 Å². The third-order valence-corrected chi connectivity index (χ3v) is 3.56. The molecule has 19 heavy (non-hydrogen) atoms. The predicted octanol–water partition coefficient (Wildman–Crippen LogP) is 3.56. The first-order valence-corrected chi connectivity index (χ1v) is 6.98. The average Bonchev–Trinajstić information content (AvgIpc) is 2.82. The smallest absolute Gasteiger partial charge is 0.0674 e. The number of hydrogen-bond donors (Lipinski definition) is 1. The Balaban J connectivity index is 2.11. The quantitative estimate of drug-likeness (QED) is 0.906. The van der Waals surface area contributed by atoms with Crippen LogP contribution in [0, 0.1) is 6.92 Å². The van der Waals surface area contributed by atoms with Crippen LogP contribution in [0.4, 0.5) is 0 Å². The van der Waals surface area contributed by atoms with Gasteiger partial charge in [-0.15, -0.1) is 0 Å². The van der Waals surface area contributed by atoms with E-state index in [-0.39, 0.29) is 0 Å². The fourth-order valence-corrected chi connectivity index (χ4v) is 2.36. The highest BCUT2D eigenvalue weighted by atomic mass is 35.5. The molecule has 0 aliphatic carbocycles. The zero-order valence-electron chi connectivity index (χ0n) is 11.7. The highest BCUT2D eigenvalue weighted by Crippen LogP contribution is 2.19. The lowest BCUT2D eigenvalue weighted by Crippen LogP contribution is -2.17. The van der Waals surface area contributed by atoms with Gasteiger partial charge in [-0.1, -0.05) is 30.7 Å². The monoisotopic (exact) mass is 277 g/mol. The maximum atomic E-state index is 6.25. The molecule has 4 heteroatoms. The van der Waals surface area contributed by atoms with E-state index in [0.29, 0.717) is 12.6 Å². The van der Waals surface area contributed by atoms with Gasteiger partial charge in [-0.3, -0.25) is 4.68 Å². The molecule has 102 valence electrons. The molecule has 0 saturated heterocycles. The fraction of sp³-hybridized carbons (Fsp3) is 0.400. The molecule has 1 heterocycles. The number of aromatic nitrogens is 2. The molecular formula is C15H20ClN3. The summed E-state index contributed by atoms with van der Waals surface area (Å²) in [6.07, 6.45) is 3.99. The van der Waals surface area contributed by atoms with Crippen LogP contribution >= 0.6 is 11.6 Å². The first-order valence-electron chi connectivity index (χ1n) is 6.61. The lowest BCUT2D eigenvalue weighted by Gasteiger charge is -2.09. The average molecular weight is 278 g/mol. The van der Waals surface area contributed by atoms with Gasteiger partial charge in [0.1, 0.15) is 0 Å². The minimum Gasteiger partial charge on any atom is -0.310 e. The van der Waals surface area contributed by atoms with E-state index < -0.39 is 0 Å². The molecule has 1 aromatic heterocycles. The molecule has 3 nitrogen and oxygen atoms in total. The minimum absolute atomic E-state index is 0.326. The number of rotatable bonds is 5. The summed E-state index contributed by atoms with van der Waals surface area (Å²) in [7, 11) is 0. The second kappa shape index (κ2) is 6.22. The molecule has 1 atom stereocenters. The van der Waals surface area contributed by atoms with E-state index in [1.807, 2.05) is 23.9 Å². The fourth-order valence-electron chi connectivity index (χ4n) is 2.07. The van der Waals surface area contributed by atoms with E-state index in [9.17, 15) is 0 Å². The van der Waals surface area contributed by atoms with Gasteiger partial charge >= 0.3 is 0 Å². The summed E-state index contributed by atoms with van der Waals surface area (Å²) in [4.78, 5) is 0. The summed E-state index contributed by atoms with van der Waals surface area (Å²) >= 11 is 6.25. The van der Waals surface area contributed by atoms with E-state index >= 15 is 0 Å². The number of halogens is 1. The second-order valence-electron chi connectivity index (χ2n) is 4.85. The molecule has 0 amide bonds. The molecule has 0 aliphatic rings. The second-order valence-corrected chi connectivity index (χ2v) is 5.25. The maximum Gasteiger partial charge on any atom is 0.0674 e. The normalized spacial score (nSPS) is 12.6. The van der Waals surface area contributed by atoms with Crippen molar-refractivity contribution in [2.75, 3.05) is 6.54 Å². The van der Waals surface area contributed by atoms with Gasteiger partial charge in [0.05, 0.1) is 12.7 Å². The number of benzene rings is 1. The summed E-state index contributed by atoms with van der Waals surface area (Å²) in [5, 5.41) is 8.58. The first kappa shape index (κ1) is 14.1. The van der Waals surface area contributed by atoms with Crippen molar-refractivity contribution in [3.05, 3.63) is 52.3 Å². The Hall–Kier alpha value is -1.32. The Morgan fingerprint density at radius 2 is 2.21 bits per heavy atom. The molecule has 0 spiro atoms. The third-order valence-electron chi connectivity index (χ3n) is 3.20. The van der Waals surface area contributed by atoms with Crippen molar-refractivity contribution in [2.24, 2.45) is 0 Å². The maximum absolute atomic E-state index is 6.25. The molecular weight excluding hydrogens is 258 g/mol. The lowest BCUT2D eigenvalue weighted by atomic mass is 10.1. The number of hydrogen-bond acceptors (Lipinski definition) is 2. The van der Waals surface area contributed by atoms with E-state index in [1.165, 1.54) is 11.1 Å². The van der Waals surface area contributed by atoms with Crippen LogP contribution in [0.2, 0.25) is 5.02 Å². The summed E-state index contributed by atoms with van der Waals surface area (Å²) in [5.74, 6) is 0. The van der Waals surface area contributed by atoms with Gasteiger partial charge in [0.15, 0.2) is 0 Å². The van der Waals surface area contributed by atoms with Crippen LogP contribution in [-0.2, 0) is 6.54 Å². The molecule has 0 saturated carbocycles. The Morgan fingerprint density at radius 3 is 2.89 bits per heavy atom. The number of nitrogens with zero attached hydrogens (tertiary/aromatic N) is 2. The van der Waals surface area contributed by atoms with Crippen molar-refractivity contribution < 1.29 is 0 Å². The van der Waals surface area contributed by atoms with Crippen molar-refractivity contribution >= 4 is 11.6 Å². The first-order chi connectivity index (χ1) is 9.10.